The summed E-state index contributed by atoms with van der Waals surface area (Å²) in [5, 5.41) is 11.1. The van der Waals surface area contributed by atoms with Crippen molar-refractivity contribution >= 4 is 28.0 Å². The molecule has 1 aromatic heterocycles. The summed E-state index contributed by atoms with van der Waals surface area (Å²) in [6, 6.07) is 14.6. The fraction of sp³-hybridized carbons (Fsp3) is 0. The zero-order valence-corrected chi connectivity index (χ0v) is 10.1. The number of nitrogen functional groups attached to an aromatic ring is 1. The van der Waals surface area contributed by atoms with E-state index in [1.54, 1.807) is 18.2 Å². The van der Waals surface area contributed by atoms with Crippen molar-refractivity contribution in [1.82, 2.24) is 10.2 Å². The largest absolute Gasteiger partial charge is 0.399 e. The van der Waals surface area contributed by atoms with Gasteiger partial charge in [0.05, 0.1) is 5.39 Å². The smallest absolute Gasteiger partial charge is 0.272 e. The summed E-state index contributed by atoms with van der Waals surface area (Å²) in [5.41, 5.74) is 7.00. The van der Waals surface area contributed by atoms with Crippen molar-refractivity contribution in [1.29, 1.82) is 0 Å². The number of nitrogens with two attached hydrogens (primary N) is 1. The maximum absolute atomic E-state index is 11.7. The Balaban J connectivity index is 2.08. The molecule has 0 aliphatic rings. The van der Waals surface area contributed by atoms with Crippen LogP contribution in [-0.2, 0) is 0 Å². The third-order valence-electron chi connectivity index (χ3n) is 2.87. The molecule has 19 heavy (non-hydrogen) atoms. The van der Waals surface area contributed by atoms with Gasteiger partial charge in [-0.1, -0.05) is 18.2 Å². The topological polar surface area (TPSA) is 83.8 Å². The lowest BCUT2D eigenvalue weighted by atomic mass is 10.2. The molecule has 0 spiro atoms. The quantitative estimate of drug-likeness (QED) is 0.611. The second-order valence-electron chi connectivity index (χ2n) is 4.19. The summed E-state index contributed by atoms with van der Waals surface area (Å²) >= 11 is 0. The number of fused-ring (bicyclic) bond motifs is 1. The summed E-state index contributed by atoms with van der Waals surface area (Å²) in [5.74, 6) is 0.611. The third kappa shape index (κ3) is 2.13. The maximum Gasteiger partial charge on any atom is 0.272 e. The van der Waals surface area contributed by atoms with E-state index in [4.69, 9.17) is 5.73 Å². The number of anilines is 3. The molecule has 3 rings (SSSR count). The highest BCUT2D eigenvalue weighted by Gasteiger charge is 2.05. The van der Waals surface area contributed by atoms with E-state index >= 15 is 0 Å². The molecular formula is C14H12N4O. The first-order chi connectivity index (χ1) is 9.24. The lowest BCUT2D eigenvalue weighted by Crippen LogP contribution is -2.10. The predicted molar refractivity (Wildman–Crippen MR) is 76.5 cm³/mol. The van der Waals surface area contributed by atoms with Crippen LogP contribution in [0.5, 0.6) is 0 Å². The van der Waals surface area contributed by atoms with Gasteiger partial charge in [-0.05, 0) is 30.3 Å². The second-order valence-corrected chi connectivity index (χ2v) is 4.19. The van der Waals surface area contributed by atoms with Crippen molar-refractivity contribution in [2.45, 2.75) is 0 Å². The molecule has 0 fully saturated rings. The van der Waals surface area contributed by atoms with E-state index in [-0.39, 0.29) is 5.56 Å². The lowest BCUT2D eigenvalue weighted by Gasteiger charge is -2.08. The third-order valence-corrected chi connectivity index (χ3v) is 2.87. The second kappa shape index (κ2) is 4.45. The monoisotopic (exact) mass is 252 g/mol. The Morgan fingerprint density at radius 3 is 2.42 bits per heavy atom. The summed E-state index contributed by atoms with van der Waals surface area (Å²) in [6.45, 7) is 0. The summed E-state index contributed by atoms with van der Waals surface area (Å²) in [7, 11) is 0. The fourth-order valence-electron chi connectivity index (χ4n) is 1.91. The summed E-state index contributed by atoms with van der Waals surface area (Å²) in [6.07, 6.45) is 0. The maximum atomic E-state index is 11.7. The van der Waals surface area contributed by atoms with Crippen LogP contribution in [-0.4, -0.2) is 10.2 Å². The van der Waals surface area contributed by atoms with Gasteiger partial charge in [-0.2, -0.15) is 5.10 Å². The molecule has 0 aliphatic carbocycles. The van der Waals surface area contributed by atoms with E-state index in [9.17, 15) is 4.79 Å². The van der Waals surface area contributed by atoms with E-state index in [0.717, 1.165) is 11.1 Å². The zero-order chi connectivity index (χ0) is 13.2. The first-order valence-electron chi connectivity index (χ1n) is 5.84. The van der Waals surface area contributed by atoms with Gasteiger partial charge in [0.2, 0.25) is 0 Å². The van der Waals surface area contributed by atoms with Gasteiger partial charge < -0.3 is 11.1 Å². The van der Waals surface area contributed by atoms with Crippen LogP contribution in [0.15, 0.2) is 53.3 Å². The average Bonchev–Trinajstić information content (AvgIpc) is 2.45. The van der Waals surface area contributed by atoms with Crippen LogP contribution >= 0.6 is 0 Å². The van der Waals surface area contributed by atoms with Crippen LogP contribution < -0.4 is 16.6 Å². The number of hydrogen-bond acceptors (Lipinski definition) is 4. The molecule has 3 aromatic rings. The van der Waals surface area contributed by atoms with Crippen molar-refractivity contribution in [2.24, 2.45) is 0 Å². The zero-order valence-electron chi connectivity index (χ0n) is 10.1. The van der Waals surface area contributed by atoms with Gasteiger partial charge in [0.25, 0.3) is 5.56 Å². The molecule has 94 valence electrons. The number of benzene rings is 2. The highest BCUT2D eigenvalue weighted by molar-refractivity contribution is 5.92. The normalized spacial score (nSPS) is 10.5. The van der Waals surface area contributed by atoms with Gasteiger partial charge in [0.1, 0.15) is 0 Å². The summed E-state index contributed by atoms with van der Waals surface area (Å²) in [4.78, 5) is 11.7. The first-order valence-corrected chi connectivity index (χ1v) is 5.84. The van der Waals surface area contributed by atoms with E-state index in [1.807, 2.05) is 30.3 Å². The highest BCUT2D eigenvalue weighted by Crippen LogP contribution is 2.21. The first kappa shape index (κ1) is 11.3. The molecule has 0 saturated heterocycles. The Morgan fingerprint density at radius 2 is 1.68 bits per heavy atom. The molecule has 0 amide bonds. The number of nitrogens with zero attached hydrogens (tertiary/aromatic N) is 1. The number of aromatic nitrogens is 2. The Labute approximate surface area is 109 Å². The van der Waals surface area contributed by atoms with Gasteiger partial charge in [-0.3, -0.25) is 4.79 Å². The highest BCUT2D eigenvalue weighted by atomic mass is 16.1. The minimum absolute atomic E-state index is 0.196. The minimum atomic E-state index is -0.196. The van der Waals surface area contributed by atoms with Gasteiger partial charge in [-0.15, -0.1) is 0 Å². The Bertz CT molecular complexity index is 777. The van der Waals surface area contributed by atoms with Crippen molar-refractivity contribution in [2.75, 3.05) is 11.1 Å². The average molecular weight is 252 g/mol. The van der Waals surface area contributed by atoms with Gasteiger partial charge in [-0.25, -0.2) is 5.10 Å². The number of nitrogens with one attached hydrogen (secondary N) is 2. The number of H-pyrrole nitrogens is 1. The van der Waals surface area contributed by atoms with Crippen molar-refractivity contribution in [3.8, 4) is 0 Å². The molecule has 4 N–H and O–H groups in total. The van der Waals surface area contributed by atoms with Crippen molar-refractivity contribution in [3.63, 3.8) is 0 Å². The molecule has 0 bridgehead atoms. The standard InChI is InChI=1S/C14H12N4O/c15-9-5-7-10(8-6-9)16-13-11-3-1-2-4-12(11)14(19)18-17-13/h1-8H,15H2,(H,16,17)(H,18,19). The van der Waals surface area contributed by atoms with Crippen LogP contribution in [0.25, 0.3) is 10.8 Å². The molecule has 5 heteroatoms. The van der Waals surface area contributed by atoms with Crippen LogP contribution in [0.4, 0.5) is 17.2 Å². The molecule has 0 saturated carbocycles. The molecule has 1 heterocycles. The van der Waals surface area contributed by atoms with Gasteiger partial charge >= 0.3 is 0 Å². The van der Waals surface area contributed by atoms with Crippen LogP contribution in [0.3, 0.4) is 0 Å². The van der Waals surface area contributed by atoms with Gasteiger partial charge in [0, 0.05) is 16.8 Å². The molecule has 0 radical (unpaired) electrons. The summed E-state index contributed by atoms with van der Waals surface area (Å²) < 4.78 is 0. The van der Waals surface area contributed by atoms with Crippen LogP contribution in [0, 0.1) is 0 Å². The van der Waals surface area contributed by atoms with E-state index in [2.05, 4.69) is 15.5 Å². The van der Waals surface area contributed by atoms with Crippen LogP contribution in [0.2, 0.25) is 0 Å². The molecule has 0 atom stereocenters. The van der Waals surface area contributed by atoms with Crippen molar-refractivity contribution in [3.05, 3.63) is 58.9 Å². The Hall–Kier alpha value is -2.82. The Morgan fingerprint density at radius 1 is 1.00 bits per heavy atom. The van der Waals surface area contributed by atoms with E-state index in [1.165, 1.54) is 0 Å². The SMILES string of the molecule is Nc1ccc(Nc2n[nH]c(=O)c3ccccc23)cc1. The number of hydrogen-bond donors (Lipinski definition) is 3. The van der Waals surface area contributed by atoms with Gasteiger partial charge in [0.15, 0.2) is 5.82 Å². The predicted octanol–water partition coefficient (Wildman–Crippen LogP) is 2.25. The van der Waals surface area contributed by atoms with E-state index < -0.39 is 0 Å². The van der Waals surface area contributed by atoms with Crippen molar-refractivity contribution < 1.29 is 0 Å². The molecular weight excluding hydrogens is 240 g/mol. The number of rotatable bonds is 2. The number of aromatic amines is 1. The fourth-order valence-corrected chi connectivity index (χ4v) is 1.91. The Kier molecular flexibility index (Phi) is 2.64. The molecule has 0 unspecified atom stereocenters. The molecule has 2 aromatic carbocycles. The van der Waals surface area contributed by atoms with Crippen LogP contribution in [0.1, 0.15) is 0 Å². The lowest BCUT2D eigenvalue weighted by molar-refractivity contribution is 1.02. The molecule has 5 nitrogen and oxygen atoms in total. The van der Waals surface area contributed by atoms with E-state index in [0.29, 0.717) is 16.9 Å². The molecule has 0 aliphatic heterocycles. The minimum Gasteiger partial charge on any atom is -0.399 e.